The Morgan fingerprint density at radius 3 is 2.62 bits per heavy atom. The van der Waals surface area contributed by atoms with Gasteiger partial charge in [0.05, 0.1) is 6.54 Å². The minimum Gasteiger partial charge on any atom is -0.465 e. The zero-order valence-corrected chi connectivity index (χ0v) is 16.0. The van der Waals surface area contributed by atoms with E-state index in [4.69, 9.17) is 4.74 Å². The molecule has 8 heteroatoms. The van der Waals surface area contributed by atoms with E-state index in [0.717, 1.165) is 39.8 Å². The van der Waals surface area contributed by atoms with Gasteiger partial charge in [0.25, 0.3) is 5.19 Å². The van der Waals surface area contributed by atoms with Gasteiger partial charge in [-0.05, 0) is 23.3 Å². The van der Waals surface area contributed by atoms with Crippen molar-refractivity contribution in [1.29, 1.82) is 0 Å². The fourth-order valence-electron chi connectivity index (χ4n) is 3.37. The number of carbonyl (C=O) groups excluding carboxylic acids is 1. The molecule has 1 aliphatic heterocycles. The monoisotopic (exact) mass is 418 g/mol. The third-order valence-electron chi connectivity index (χ3n) is 4.79. The van der Waals surface area contributed by atoms with E-state index in [9.17, 15) is 18.0 Å². The Kier molecular flexibility index (Phi) is 5.27. The molecule has 1 atom stereocenters. The van der Waals surface area contributed by atoms with Crippen molar-refractivity contribution in [3.8, 4) is 16.3 Å². The molecule has 0 bridgehead atoms. The van der Waals surface area contributed by atoms with Gasteiger partial charge in [0.15, 0.2) is 12.0 Å². The lowest BCUT2D eigenvalue weighted by Gasteiger charge is -2.21. The van der Waals surface area contributed by atoms with Gasteiger partial charge >= 0.3 is 6.18 Å². The second-order valence-corrected chi connectivity index (χ2v) is 7.55. The molecule has 1 aliphatic rings. The largest absolute Gasteiger partial charge is 0.465 e. The van der Waals surface area contributed by atoms with Crippen molar-refractivity contribution in [1.82, 2.24) is 4.98 Å². The molecule has 0 spiro atoms. The van der Waals surface area contributed by atoms with Crippen molar-refractivity contribution in [3.63, 3.8) is 0 Å². The number of anilines is 1. The molecule has 0 aliphatic carbocycles. The zero-order chi connectivity index (χ0) is 20.4. The molecule has 0 saturated carbocycles. The van der Waals surface area contributed by atoms with Crippen molar-refractivity contribution < 1.29 is 22.7 Å². The standard InChI is InChI=1S/C21H17F3N2O2S/c22-21(23,24)19-13-29-20(25-19)28-17-8-9-26(11-17)18-7-6-15(10-16(18)12-27)14-4-2-1-3-5-14/h1-7,10,12-13,17H,8-9,11H2/t17-/m0/s1. The Morgan fingerprint density at radius 2 is 1.93 bits per heavy atom. The highest BCUT2D eigenvalue weighted by Gasteiger charge is 2.35. The summed E-state index contributed by atoms with van der Waals surface area (Å²) in [5.41, 5.74) is 2.40. The van der Waals surface area contributed by atoms with Crippen molar-refractivity contribution in [3.05, 3.63) is 65.2 Å². The number of benzene rings is 2. The van der Waals surface area contributed by atoms with Crippen molar-refractivity contribution in [2.24, 2.45) is 0 Å². The molecule has 2 heterocycles. The number of rotatable bonds is 5. The topological polar surface area (TPSA) is 42.4 Å². The summed E-state index contributed by atoms with van der Waals surface area (Å²) in [4.78, 5) is 17.2. The van der Waals surface area contributed by atoms with Crippen molar-refractivity contribution >= 4 is 23.3 Å². The maximum atomic E-state index is 12.7. The molecule has 0 N–H and O–H groups in total. The average molecular weight is 418 g/mol. The lowest BCUT2D eigenvalue weighted by molar-refractivity contribution is -0.140. The maximum Gasteiger partial charge on any atom is 0.434 e. The molecular weight excluding hydrogens is 401 g/mol. The van der Waals surface area contributed by atoms with Gasteiger partial charge in [0.1, 0.15) is 6.10 Å². The third-order valence-corrected chi connectivity index (χ3v) is 5.52. The summed E-state index contributed by atoms with van der Waals surface area (Å²) in [6, 6.07) is 15.5. The molecule has 4 nitrogen and oxygen atoms in total. The van der Waals surface area contributed by atoms with Gasteiger partial charge < -0.3 is 9.64 Å². The predicted octanol–water partition coefficient (Wildman–Crippen LogP) is 5.30. The van der Waals surface area contributed by atoms with E-state index >= 15 is 0 Å². The van der Waals surface area contributed by atoms with Crippen LogP contribution in [0, 0.1) is 0 Å². The summed E-state index contributed by atoms with van der Waals surface area (Å²) >= 11 is 0.840. The van der Waals surface area contributed by atoms with Crippen LogP contribution >= 0.6 is 11.3 Å². The van der Waals surface area contributed by atoms with Gasteiger partial charge in [0.2, 0.25) is 0 Å². The van der Waals surface area contributed by atoms with Crippen LogP contribution in [0.25, 0.3) is 11.1 Å². The minimum atomic E-state index is -4.47. The molecule has 0 amide bonds. The number of carbonyl (C=O) groups is 1. The number of nitrogens with zero attached hydrogens (tertiary/aromatic N) is 2. The molecule has 0 radical (unpaired) electrons. The molecule has 1 saturated heterocycles. The normalized spacial score (nSPS) is 16.8. The molecule has 0 unspecified atom stereocenters. The van der Waals surface area contributed by atoms with Crippen LogP contribution < -0.4 is 9.64 Å². The highest BCUT2D eigenvalue weighted by atomic mass is 32.1. The summed E-state index contributed by atoms with van der Waals surface area (Å²) in [6.07, 6.45) is -3.29. The third kappa shape index (κ3) is 4.27. The van der Waals surface area contributed by atoms with E-state index < -0.39 is 11.9 Å². The highest BCUT2D eigenvalue weighted by Crippen LogP contribution is 2.34. The number of alkyl halides is 3. The summed E-state index contributed by atoms with van der Waals surface area (Å²) < 4.78 is 43.7. The number of aromatic nitrogens is 1. The second-order valence-electron chi connectivity index (χ2n) is 6.73. The van der Waals surface area contributed by atoms with Gasteiger partial charge in [-0.2, -0.15) is 18.2 Å². The number of aldehydes is 1. The van der Waals surface area contributed by atoms with E-state index in [1.807, 2.05) is 53.4 Å². The lowest BCUT2D eigenvalue weighted by atomic mass is 10.0. The minimum absolute atomic E-state index is 0.0132. The van der Waals surface area contributed by atoms with Gasteiger partial charge in [-0.1, -0.05) is 47.7 Å². The van der Waals surface area contributed by atoms with E-state index in [-0.39, 0.29) is 11.3 Å². The first-order valence-corrected chi connectivity index (χ1v) is 9.91. The molecule has 29 heavy (non-hydrogen) atoms. The fourth-order valence-corrected chi connectivity index (χ4v) is 4.12. The van der Waals surface area contributed by atoms with Crippen LogP contribution in [-0.4, -0.2) is 30.5 Å². The second kappa shape index (κ2) is 7.87. The summed E-state index contributed by atoms with van der Waals surface area (Å²) in [6.45, 7) is 1.13. The first-order chi connectivity index (χ1) is 13.9. The first-order valence-electron chi connectivity index (χ1n) is 9.03. The molecule has 2 aromatic carbocycles. The molecular formula is C21H17F3N2O2S. The van der Waals surface area contributed by atoms with Crippen LogP contribution in [-0.2, 0) is 6.18 Å². The molecule has 4 rings (SSSR count). The summed E-state index contributed by atoms with van der Waals surface area (Å²) in [5, 5.41) is 0.966. The van der Waals surface area contributed by atoms with E-state index in [0.29, 0.717) is 25.1 Å². The summed E-state index contributed by atoms with van der Waals surface area (Å²) in [7, 11) is 0. The summed E-state index contributed by atoms with van der Waals surface area (Å²) in [5.74, 6) is 0. The molecule has 1 aromatic heterocycles. The zero-order valence-electron chi connectivity index (χ0n) is 15.2. The fraction of sp³-hybridized carbons (Fsp3) is 0.238. The Labute approximate surface area is 169 Å². The molecule has 1 fully saturated rings. The average Bonchev–Trinajstić information content (AvgIpc) is 3.38. The number of thiazole rings is 1. The number of halogens is 3. The van der Waals surface area contributed by atoms with Crippen LogP contribution in [0.5, 0.6) is 5.19 Å². The first kappa shape index (κ1) is 19.4. The Balaban J connectivity index is 1.47. The van der Waals surface area contributed by atoms with Gasteiger partial charge in [0, 0.05) is 29.6 Å². The van der Waals surface area contributed by atoms with E-state index in [1.165, 1.54) is 0 Å². The lowest BCUT2D eigenvalue weighted by Crippen LogP contribution is -2.25. The van der Waals surface area contributed by atoms with Crippen LogP contribution in [0.1, 0.15) is 22.5 Å². The van der Waals surface area contributed by atoms with Crippen LogP contribution in [0.15, 0.2) is 53.9 Å². The number of hydrogen-bond acceptors (Lipinski definition) is 5. The van der Waals surface area contributed by atoms with Crippen LogP contribution in [0.2, 0.25) is 0 Å². The smallest absolute Gasteiger partial charge is 0.434 e. The number of ether oxygens (including phenoxy) is 1. The molecule has 150 valence electrons. The maximum absolute atomic E-state index is 12.7. The Bertz CT molecular complexity index is 1000. The highest BCUT2D eigenvalue weighted by molar-refractivity contribution is 7.11. The molecule has 3 aromatic rings. The van der Waals surface area contributed by atoms with Gasteiger partial charge in [-0.15, -0.1) is 0 Å². The van der Waals surface area contributed by atoms with Gasteiger partial charge in [-0.25, -0.2) is 0 Å². The predicted molar refractivity (Wildman–Crippen MR) is 106 cm³/mol. The van der Waals surface area contributed by atoms with Crippen LogP contribution in [0.4, 0.5) is 18.9 Å². The van der Waals surface area contributed by atoms with E-state index in [1.54, 1.807) is 0 Å². The van der Waals surface area contributed by atoms with E-state index in [2.05, 4.69) is 4.98 Å². The SMILES string of the molecule is O=Cc1cc(-c2ccccc2)ccc1N1CC[C@H](Oc2nc(C(F)(F)F)cs2)C1. The Hall–Kier alpha value is -2.87. The van der Waals surface area contributed by atoms with Crippen LogP contribution in [0.3, 0.4) is 0 Å². The van der Waals surface area contributed by atoms with Crippen molar-refractivity contribution in [2.45, 2.75) is 18.7 Å². The van der Waals surface area contributed by atoms with Gasteiger partial charge in [-0.3, -0.25) is 4.79 Å². The quantitative estimate of drug-likeness (QED) is 0.528. The number of hydrogen-bond donors (Lipinski definition) is 0. The van der Waals surface area contributed by atoms with Crippen molar-refractivity contribution in [2.75, 3.05) is 18.0 Å². The Morgan fingerprint density at radius 1 is 1.14 bits per heavy atom.